The summed E-state index contributed by atoms with van der Waals surface area (Å²) in [5, 5.41) is 1.02. The van der Waals surface area contributed by atoms with E-state index in [1.807, 2.05) is 18.3 Å². The highest BCUT2D eigenvalue weighted by atomic mass is 32.1. The molecule has 1 aliphatic rings. The molecule has 1 saturated heterocycles. The zero-order valence-electron chi connectivity index (χ0n) is 17.8. The van der Waals surface area contributed by atoms with Crippen molar-refractivity contribution in [3.63, 3.8) is 0 Å². The third-order valence-corrected chi connectivity index (χ3v) is 6.93. The number of hydrogen-bond acceptors (Lipinski definition) is 6. The van der Waals surface area contributed by atoms with Gasteiger partial charge in [0.15, 0.2) is 0 Å². The predicted molar refractivity (Wildman–Crippen MR) is 128 cm³/mol. The predicted octanol–water partition coefficient (Wildman–Crippen LogP) is 4.99. The van der Waals surface area contributed by atoms with Crippen molar-refractivity contribution in [1.82, 2.24) is 19.9 Å². The Morgan fingerprint density at radius 3 is 2.19 bits per heavy atom. The van der Waals surface area contributed by atoms with Crippen LogP contribution in [0.2, 0.25) is 0 Å². The monoisotopic (exact) mass is 427 g/mol. The number of thiazole rings is 1. The highest BCUT2D eigenvalue weighted by molar-refractivity contribution is 7.18. The molecule has 2 aromatic carbocycles. The number of aromatic nitrogens is 3. The Labute approximate surface area is 187 Å². The molecule has 3 heterocycles. The summed E-state index contributed by atoms with van der Waals surface area (Å²) in [6.07, 6.45) is 1.86. The summed E-state index contributed by atoms with van der Waals surface area (Å²) in [4.78, 5) is 20.0. The van der Waals surface area contributed by atoms with Crippen molar-refractivity contribution < 1.29 is 0 Å². The fourth-order valence-corrected chi connectivity index (χ4v) is 4.87. The summed E-state index contributed by atoms with van der Waals surface area (Å²) < 4.78 is 0. The van der Waals surface area contributed by atoms with Crippen molar-refractivity contribution in [1.29, 1.82) is 0 Å². The summed E-state index contributed by atoms with van der Waals surface area (Å²) in [5.41, 5.74) is 5.53. The molecule has 6 heteroatoms. The number of piperazine rings is 1. The molecule has 1 fully saturated rings. The first-order valence-electron chi connectivity index (χ1n) is 10.6. The molecular weight excluding hydrogens is 402 g/mol. The molecule has 0 spiro atoms. The maximum absolute atomic E-state index is 4.88. The molecule has 0 bridgehead atoms. The first kappa shape index (κ1) is 19.8. The smallest absolute Gasteiger partial charge is 0.225 e. The van der Waals surface area contributed by atoms with E-state index in [9.17, 15) is 0 Å². The minimum absolute atomic E-state index is 0.812. The van der Waals surface area contributed by atoms with Crippen LogP contribution in [-0.2, 0) is 0 Å². The fraction of sp³-hybridized carbons (Fsp3) is 0.240. The Kier molecular flexibility index (Phi) is 5.49. The Morgan fingerprint density at radius 1 is 0.774 bits per heavy atom. The van der Waals surface area contributed by atoms with Crippen LogP contribution in [-0.4, -0.2) is 53.1 Å². The second kappa shape index (κ2) is 8.57. The van der Waals surface area contributed by atoms with Crippen LogP contribution in [0.5, 0.6) is 0 Å². The lowest BCUT2D eigenvalue weighted by atomic mass is 10.0. The van der Waals surface area contributed by atoms with E-state index in [0.717, 1.165) is 59.0 Å². The average molecular weight is 428 g/mol. The Hall–Kier alpha value is -3.09. The van der Waals surface area contributed by atoms with Crippen LogP contribution >= 0.6 is 11.3 Å². The Morgan fingerprint density at radius 2 is 1.45 bits per heavy atom. The molecule has 31 heavy (non-hydrogen) atoms. The molecule has 0 amide bonds. The van der Waals surface area contributed by atoms with E-state index in [1.165, 1.54) is 11.1 Å². The lowest BCUT2D eigenvalue weighted by molar-refractivity contribution is 0.311. The molecule has 0 radical (unpaired) electrons. The second-order valence-electron chi connectivity index (χ2n) is 7.91. The van der Waals surface area contributed by atoms with Crippen molar-refractivity contribution in [2.24, 2.45) is 0 Å². The molecule has 5 rings (SSSR count). The van der Waals surface area contributed by atoms with Crippen LogP contribution in [0.15, 0.2) is 66.9 Å². The third-order valence-electron chi connectivity index (χ3n) is 5.70. The van der Waals surface area contributed by atoms with E-state index in [4.69, 9.17) is 9.97 Å². The van der Waals surface area contributed by atoms with Gasteiger partial charge in [0.2, 0.25) is 5.95 Å². The first-order valence-corrected chi connectivity index (χ1v) is 11.4. The van der Waals surface area contributed by atoms with Crippen LogP contribution in [0.4, 0.5) is 5.95 Å². The molecule has 0 unspecified atom stereocenters. The molecule has 4 aromatic rings. The van der Waals surface area contributed by atoms with Gasteiger partial charge in [0.05, 0.1) is 16.3 Å². The van der Waals surface area contributed by atoms with Crippen molar-refractivity contribution in [2.45, 2.75) is 6.92 Å². The van der Waals surface area contributed by atoms with Crippen molar-refractivity contribution in [2.75, 3.05) is 38.1 Å². The van der Waals surface area contributed by atoms with Gasteiger partial charge in [0, 0.05) is 37.9 Å². The lowest BCUT2D eigenvalue weighted by Crippen LogP contribution is -2.45. The molecule has 1 aliphatic heterocycles. The van der Waals surface area contributed by atoms with Crippen LogP contribution in [0.1, 0.15) is 5.69 Å². The quantitative estimate of drug-likeness (QED) is 0.459. The number of aryl methyl sites for hydroxylation is 1. The fourth-order valence-electron chi connectivity index (χ4n) is 3.83. The molecule has 0 N–H and O–H groups in total. The highest BCUT2D eigenvalue weighted by Crippen LogP contribution is 2.35. The van der Waals surface area contributed by atoms with Crippen LogP contribution < -0.4 is 4.90 Å². The van der Waals surface area contributed by atoms with Gasteiger partial charge in [-0.3, -0.25) is 0 Å². The van der Waals surface area contributed by atoms with Gasteiger partial charge in [-0.25, -0.2) is 15.0 Å². The minimum atomic E-state index is 0.812. The summed E-state index contributed by atoms with van der Waals surface area (Å²) >= 11 is 1.69. The normalized spacial score (nSPS) is 14.7. The van der Waals surface area contributed by atoms with Crippen LogP contribution in [0.3, 0.4) is 0 Å². The maximum atomic E-state index is 4.88. The van der Waals surface area contributed by atoms with E-state index in [2.05, 4.69) is 77.3 Å². The number of hydrogen-bond donors (Lipinski definition) is 0. The molecule has 2 aromatic heterocycles. The van der Waals surface area contributed by atoms with Crippen LogP contribution in [0, 0.1) is 6.92 Å². The zero-order valence-corrected chi connectivity index (χ0v) is 18.6. The first-order chi connectivity index (χ1) is 15.2. The number of benzene rings is 2. The molecular formula is C25H25N5S. The van der Waals surface area contributed by atoms with Gasteiger partial charge in [-0.1, -0.05) is 54.6 Å². The number of likely N-dealkylation sites (N-methyl/N-ethyl adjacent to an activating group) is 1. The minimum Gasteiger partial charge on any atom is -0.338 e. The highest BCUT2D eigenvalue weighted by Gasteiger charge is 2.18. The number of rotatable bonds is 4. The van der Waals surface area contributed by atoms with E-state index in [1.54, 1.807) is 11.3 Å². The summed E-state index contributed by atoms with van der Waals surface area (Å²) in [5.74, 6) is 0.812. The van der Waals surface area contributed by atoms with Crippen LogP contribution in [0.25, 0.3) is 32.3 Å². The van der Waals surface area contributed by atoms with E-state index in [0.29, 0.717) is 0 Å². The molecule has 156 valence electrons. The van der Waals surface area contributed by atoms with Crippen molar-refractivity contribution in [3.8, 4) is 32.3 Å². The van der Waals surface area contributed by atoms with Gasteiger partial charge in [-0.15, -0.1) is 11.3 Å². The summed E-state index contributed by atoms with van der Waals surface area (Å²) in [6, 6.07) is 21.1. The van der Waals surface area contributed by atoms with Gasteiger partial charge >= 0.3 is 0 Å². The number of anilines is 1. The molecule has 0 saturated carbocycles. The van der Waals surface area contributed by atoms with Gasteiger partial charge in [-0.2, -0.15) is 0 Å². The Balaban J connectivity index is 1.40. The van der Waals surface area contributed by atoms with Gasteiger partial charge in [0.1, 0.15) is 5.01 Å². The topological polar surface area (TPSA) is 45.2 Å². The largest absolute Gasteiger partial charge is 0.338 e. The molecule has 0 aliphatic carbocycles. The van der Waals surface area contributed by atoms with Gasteiger partial charge in [-0.05, 0) is 31.2 Å². The van der Waals surface area contributed by atoms with E-state index >= 15 is 0 Å². The average Bonchev–Trinajstić information content (AvgIpc) is 3.22. The summed E-state index contributed by atoms with van der Waals surface area (Å²) in [7, 11) is 2.16. The maximum Gasteiger partial charge on any atom is 0.225 e. The van der Waals surface area contributed by atoms with Gasteiger partial charge < -0.3 is 9.80 Å². The van der Waals surface area contributed by atoms with Crippen molar-refractivity contribution >= 4 is 17.3 Å². The standard InChI is InChI=1S/C25H25N5S/c1-18-23(22-12-13-26-25(28-22)30-16-14-29(2)15-17-30)31-24(27-18)21-10-8-20(9-11-21)19-6-4-3-5-7-19/h3-13H,14-17H2,1-2H3. The zero-order chi connectivity index (χ0) is 21.2. The van der Waals surface area contributed by atoms with Crippen molar-refractivity contribution in [3.05, 3.63) is 72.6 Å². The number of nitrogens with zero attached hydrogens (tertiary/aromatic N) is 5. The van der Waals surface area contributed by atoms with E-state index in [-0.39, 0.29) is 0 Å². The molecule has 0 atom stereocenters. The second-order valence-corrected chi connectivity index (χ2v) is 8.91. The SMILES string of the molecule is Cc1nc(-c2ccc(-c3ccccc3)cc2)sc1-c1ccnc(N2CCN(C)CC2)n1. The lowest BCUT2D eigenvalue weighted by Gasteiger charge is -2.32. The van der Waals surface area contributed by atoms with Gasteiger partial charge in [0.25, 0.3) is 0 Å². The summed E-state index contributed by atoms with van der Waals surface area (Å²) in [6.45, 7) is 6.05. The van der Waals surface area contributed by atoms with E-state index < -0.39 is 0 Å². The Bertz CT molecular complexity index is 1160. The third kappa shape index (κ3) is 4.22. The molecule has 5 nitrogen and oxygen atoms in total.